The van der Waals surface area contributed by atoms with Gasteiger partial charge >= 0.3 is 0 Å². The lowest BCUT2D eigenvalue weighted by atomic mass is 9.90. The molecule has 0 bridgehead atoms. The second kappa shape index (κ2) is 6.99. The molecule has 2 heterocycles. The Morgan fingerprint density at radius 3 is 2.57 bits per heavy atom. The highest BCUT2D eigenvalue weighted by Crippen LogP contribution is 2.47. The van der Waals surface area contributed by atoms with Crippen LogP contribution in [-0.2, 0) is 14.6 Å². The molecule has 0 spiro atoms. The SMILES string of the molecule is Cc1ccc(S(=O)(=O)c2csc3c2NC(=O)C[C@H]3c2c(F)cccc2Cl)cc1. The van der Waals surface area contributed by atoms with Crippen LogP contribution in [0.5, 0.6) is 0 Å². The van der Waals surface area contributed by atoms with Gasteiger partial charge in [0, 0.05) is 33.2 Å². The molecule has 0 radical (unpaired) electrons. The summed E-state index contributed by atoms with van der Waals surface area (Å²) in [6.07, 6.45) is -0.00180. The second-order valence-electron chi connectivity index (χ2n) is 6.60. The van der Waals surface area contributed by atoms with Crippen molar-refractivity contribution in [3.05, 3.63) is 74.7 Å². The molecule has 1 atom stereocenters. The van der Waals surface area contributed by atoms with Crippen LogP contribution in [0.1, 0.15) is 28.3 Å². The summed E-state index contributed by atoms with van der Waals surface area (Å²) in [6.45, 7) is 1.87. The van der Waals surface area contributed by atoms with Crippen molar-refractivity contribution in [2.24, 2.45) is 0 Å². The zero-order valence-corrected chi connectivity index (χ0v) is 17.1. The largest absolute Gasteiger partial charge is 0.324 e. The van der Waals surface area contributed by atoms with Crippen molar-refractivity contribution in [2.45, 2.75) is 29.1 Å². The first-order chi connectivity index (χ1) is 13.3. The summed E-state index contributed by atoms with van der Waals surface area (Å²) in [4.78, 5) is 13.1. The van der Waals surface area contributed by atoms with E-state index in [1.54, 1.807) is 18.2 Å². The van der Waals surface area contributed by atoms with Crippen LogP contribution in [0.4, 0.5) is 10.1 Å². The fraction of sp³-hybridized carbons (Fsp3) is 0.150. The van der Waals surface area contributed by atoms with Gasteiger partial charge in [-0.3, -0.25) is 4.79 Å². The van der Waals surface area contributed by atoms with E-state index >= 15 is 0 Å². The maximum atomic E-state index is 14.5. The van der Waals surface area contributed by atoms with Gasteiger partial charge in [0.15, 0.2) is 0 Å². The summed E-state index contributed by atoms with van der Waals surface area (Å²) >= 11 is 7.38. The lowest BCUT2D eigenvalue weighted by molar-refractivity contribution is -0.116. The first kappa shape index (κ1) is 19.1. The fourth-order valence-electron chi connectivity index (χ4n) is 3.32. The van der Waals surface area contributed by atoms with E-state index in [4.69, 9.17) is 11.6 Å². The Bertz CT molecular complexity index is 1170. The Hall–Kier alpha value is -2.22. The number of sulfone groups is 1. The number of nitrogens with one attached hydrogen (secondary N) is 1. The summed E-state index contributed by atoms with van der Waals surface area (Å²) in [7, 11) is -3.83. The van der Waals surface area contributed by atoms with Crippen LogP contribution in [0.15, 0.2) is 57.6 Å². The molecule has 4 nitrogen and oxygen atoms in total. The molecule has 1 aliphatic heterocycles. The number of rotatable bonds is 3. The lowest BCUT2D eigenvalue weighted by Gasteiger charge is -2.24. The van der Waals surface area contributed by atoms with Crippen molar-refractivity contribution in [2.75, 3.05) is 5.32 Å². The quantitative estimate of drug-likeness (QED) is 0.618. The third kappa shape index (κ3) is 3.13. The van der Waals surface area contributed by atoms with Gasteiger partial charge in [0.25, 0.3) is 0 Å². The van der Waals surface area contributed by atoms with Crippen LogP contribution >= 0.6 is 22.9 Å². The molecule has 0 saturated carbocycles. The van der Waals surface area contributed by atoms with Crippen LogP contribution in [0.3, 0.4) is 0 Å². The molecule has 1 N–H and O–H groups in total. The maximum Gasteiger partial charge on any atom is 0.225 e. The number of aryl methyl sites for hydroxylation is 1. The highest BCUT2D eigenvalue weighted by molar-refractivity contribution is 7.91. The predicted molar refractivity (Wildman–Crippen MR) is 107 cm³/mol. The molecule has 1 aliphatic rings. The molecule has 4 rings (SSSR count). The van der Waals surface area contributed by atoms with E-state index in [1.165, 1.54) is 41.0 Å². The third-order valence-electron chi connectivity index (χ3n) is 4.73. The zero-order chi connectivity index (χ0) is 20.1. The Morgan fingerprint density at radius 1 is 1.18 bits per heavy atom. The van der Waals surface area contributed by atoms with Crippen molar-refractivity contribution >= 4 is 44.4 Å². The molecular weight excluding hydrogens is 421 g/mol. The Labute approximate surface area is 170 Å². The van der Waals surface area contributed by atoms with Gasteiger partial charge in [0.2, 0.25) is 15.7 Å². The van der Waals surface area contributed by atoms with Crippen LogP contribution in [0, 0.1) is 12.7 Å². The minimum absolute atomic E-state index is 0.00180. The molecular formula is C20H15ClFNO3S2. The van der Waals surface area contributed by atoms with E-state index in [0.29, 0.717) is 4.88 Å². The van der Waals surface area contributed by atoms with Crippen LogP contribution < -0.4 is 5.32 Å². The average Bonchev–Trinajstić information content (AvgIpc) is 3.06. The molecule has 1 amide bonds. The summed E-state index contributed by atoms with van der Waals surface area (Å²) in [5.41, 5.74) is 1.36. The van der Waals surface area contributed by atoms with Gasteiger partial charge in [0.05, 0.1) is 10.6 Å². The molecule has 0 fully saturated rings. The summed E-state index contributed by atoms with van der Waals surface area (Å²) in [5, 5.41) is 4.36. The van der Waals surface area contributed by atoms with Gasteiger partial charge in [-0.15, -0.1) is 11.3 Å². The molecule has 3 aromatic rings. The number of hydrogen-bond donors (Lipinski definition) is 1. The van der Waals surface area contributed by atoms with Crippen molar-refractivity contribution < 1.29 is 17.6 Å². The number of fused-ring (bicyclic) bond motifs is 1. The minimum atomic E-state index is -3.83. The molecule has 0 aliphatic carbocycles. The minimum Gasteiger partial charge on any atom is -0.324 e. The molecule has 1 aromatic heterocycles. The van der Waals surface area contributed by atoms with Gasteiger partial charge < -0.3 is 5.32 Å². The van der Waals surface area contributed by atoms with Gasteiger partial charge in [-0.1, -0.05) is 35.4 Å². The number of anilines is 1. The van der Waals surface area contributed by atoms with Crippen LogP contribution in [0.25, 0.3) is 0 Å². The number of amides is 1. The number of halogens is 2. The van der Waals surface area contributed by atoms with E-state index in [-0.39, 0.29) is 38.4 Å². The maximum absolute atomic E-state index is 14.5. The van der Waals surface area contributed by atoms with Gasteiger partial charge in [-0.2, -0.15) is 0 Å². The fourth-order valence-corrected chi connectivity index (χ4v) is 6.51. The first-order valence-corrected chi connectivity index (χ1v) is 11.2. The van der Waals surface area contributed by atoms with Crippen molar-refractivity contribution in [3.63, 3.8) is 0 Å². The normalized spacial score (nSPS) is 16.5. The molecule has 8 heteroatoms. The van der Waals surface area contributed by atoms with Crippen molar-refractivity contribution in [3.8, 4) is 0 Å². The Balaban J connectivity index is 1.87. The molecule has 0 saturated heterocycles. The van der Waals surface area contributed by atoms with E-state index in [1.807, 2.05) is 6.92 Å². The van der Waals surface area contributed by atoms with Crippen molar-refractivity contribution in [1.29, 1.82) is 0 Å². The first-order valence-electron chi connectivity index (χ1n) is 8.46. The van der Waals surface area contributed by atoms with E-state index in [9.17, 15) is 17.6 Å². The number of thiophene rings is 1. The molecule has 2 aromatic carbocycles. The van der Waals surface area contributed by atoms with Crippen LogP contribution in [-0.4, -0.2) is 14.3 Å². The van der Waals surface area contributed by atoms with E-state index in [2.05, 4.69) is 5.32 Å². The number of carbonyl (C=O) groups excluding carboxylic acids is 1. The predicted octanol–water partition coefficient (Wildman–Crippen LogP) is 5.16. The van der Waals surface area contributed by atoms with Gasteiger partial charge in [-0.05, 0) is 31.2 Å². The third-order valence-corrected chi connectivity index (χ3v) is 8.09. The highest BCUT2D eigenvalue weighted by atomic mass is 35.5. The highest BCUT2D eigenvalue weighted by Gasteiger charge is 2.36. The topological polar surface area (TPSA) is 63.2 Å². The molecule has 144 valence electrons. The molecule has 28 heavy (non-hydrogen) atoms. The average molecular weight is 436 g/mol. The smallest absolute Gasteiger partial charge is 0.225 e. The second-order valence-corrected chi connectivity index (χ2v) is 9.83. The summed E-state index contributed by atoms with van der Waals surface area (Å²) < 4.78 is 40.7. The van der Waals surface area contributed by atoms with Crippen molar-refractivity contribution in [1.82, 2.24) is 0 Å². The molecule has 0 unspecified atom stereocenters. The number of hydrogen-bond acceptors (Lipinski definition) is 4. The lowest BCUT2D eigenvalue weighted by Crippen LogP contribution is -2.24. The number of carbonyl (C=O) groups is 1. The van der Waals surface area contributed by atoms with Gasteiger partial charge in [-0.25, -0.2) is 12.8 Å². The van der Waals surface area contributed by atoms with Crippen LogP contribution in [0.2, 0.25) is 5.02 Å². The van der Waals surface area contributed by atoms with E-state index < -0.39 is 21.6 Å². The monoisotopic (exact) mass is 435 g/mol. The summed E-state index contributed by atoms with van der Waals surface area (Å²) in [5.74, 6) is -1.53. The Morgan fingerprint density at radius 2 is 1.89 bits per heavy atom. The van der Waals surface area contributed by atoms with Gasteiger partial charge in [0.1, 0.15) is 10.7 Å². The standard InChI is InChI=1S/C20H15ClFNO3S2/c1-11-5-7-12(8-6-11)28(25,26)16-10-27-20-13(9-17(24)23-19(16)20)18-14(21)3-2-4-15(18)22/h2-8,10,13H,9H2,1H3,(H,23,24)/t13-/m0/s1. The Kier molecular flexibility index (Phi) is 4.77. The number of benzene rings is 2. The summed E-state index contributed by atoms with van der Waals surface area (Å²) in [6, 6.07) is 10.8. The zero-order valence-electron chi connectivity index (χ0n) is 14.7. The van der Waals surface area contributed by atoms with E-state index in [0.717, 1.165) is 5.56 Å².